The summed E-state index contributed by atoms with van der Waals surface area (Å²) in [6.45, 7) is 0. The van der Waals surface area contributed by atoms with Crippen LogP contribution in [0.2, 0.25) is 0 Å². The minimum atomic E-state index is -3.38. The lowest BCUT2D eigenvalue weighted by Gasteiger charge is -2.10. The number of hydrogen-bond donors (Lipinski definition) is 2. The number of sulfone groups is 1. The molecule has 0 saturated heterocycles. The molecule has 162 valence electrons. The van der Waals surface area contributed by atoms with E-state index in [2.05, 4.69) is 15.6 Å². The molecule has 0 saturated carbocycles. The summed E-state index contributed by atoms with van der Waals surface area (Å²) >= 11 is 1.07. The molecule has 1 heterocycles. The number of fused-ring (bicyclic) bond motifs is 1. The van der Waals surface area contributed by atoms with Gasteiger partial charge in [-0.3, -0.25) is 15.4 Å². The number of carbonyl (C=O) groups excluding carboxylic acids is 2. The quantitative estimate of drug-likeness (QED) is 0.459. The van der Waals surface area contributed by atoms with E-state index in [-0.39, 0.29) is 21.2 Å². The van der Waals surface area contributed by atoms with Crippen molar-refractivity contribution in [1.29, 1.82) is 0 Å². The van der Waals surface area contributed by atoms with Crippen LogP contribution in [-0.4, -0.2) is 31.6 Å². The fraction of sp³-hybridized carbons (Fsp3) is 0.0455. The van der Waals surface area contributed by atoms with Crippen LogP contribution in [0, 0.1) is 5.82 Å². The van der Waals surface area contributed by atoms with Gasteiger partial charge in [0.1, 0.15) is 5.82 Å². The zero-order valence-corrected chi connectivity index (χ0v) is 18.3. The van der Waals surface area contributed by atoms with E-state index in [4.69, 9.17) is 0 Å². The Morgan fingerprint density at radius 1 is 0.969 bits per heavy atom. The molecular formula is C22H16FN3O4S2. The van der Waals surface area contributed by atoms with Gasteiger partial charge in [-0.15, -0.1) is 0 Å². The van der Waals surface area contributed by atoms with E-state index in [1.54, 1.807) is 42.5 Å². The van der Waals surface area contributed by atoms with Gasteiger partial charge < -0.3 is 0 Å². The second-order valence-electron chi connectivity index (χ2n) is 6.85. The molecule has 2 N–H and O–H groups in total. The molecular weight excluding hydrogens is 453 g/mol. The van der Waals surface area contributed by atoms with Crippen LogP contribution in [-0.2, 0) is 9.84 Å². The standard InChI is InChI=1S/C22H16FN3O4S2/c1-32(29,30)13-10-11-18-19(12-13)31-22(24-18)26-21(28)25-20(27)16-8-3-2-6-14(16)15-7-4-5-9-17(15)23/h2-12H,1H3,(H2,24,25,26,27,28). The number of thiazole rings is 1. The molecule has 3 aromatic carbocycles. The summed E-state index contributed by atoms with van der Waals surface area (Å²) in [5.74, 6) is -1.19. The lowest BCUT2D eigenvalue weighted by molar-refractivity contribution is 0.0967. The number of aromatic nitrogens is 1. The van der Waals surface area contributed by atoms with Gasteiger partial charge in [-0.25, -0.2) is 22.6 Å². The first-order valence-corrected chi connectivity index (χ1v) is 12.0. The third-order valence-electron chi connectivity index (χ3n) is 4.57. The predicted molar refractivity (Wildman–Crippen MR) is 121 cm³/mol. The first kappa shape index (κ1) is 21.6. The first-order chi connectivity index (χ1) is 15.2. The van der Waals surface area contributed by atoms with Crippen LogP contribution in [0.3, 0.4) is 0 Å². The molecule has 0 bridgehead atoms. The number of benzene rings is 3. The van der Waals surface area contributed by atoms with Crippen LogP contribution in [0.1, 0.15) is 10.4 Å². The molecule has 0 atom stereocenters. The SMILES string of the molecule is CS(=O)(=O)c1ccc2nc(NC(=O)NC(=O)c3ccccc3-c3ccccc3F)sc2c1. The Morgan fingerprint density at radius 2 is 1.66 bits per heavy atom. The number of halogens is 1. The molecule has 7 nitrogen and oxygen atoms in total. The number of hydrogen-bond acceptors (Lipinski definition) is 6. The second-order valence-corrected chi connectivity index (χ2v) is 9.90. The average molecular weight is 470 g/mol. The van der Waals surface area contributed by atoms with Gasteiger partial charge in [0.05, 0.1) is 15.1 Å². The smallest absolute Gasteiger partial charge is 0.283 e. The van der Waals surface area contributed by atoms with Gasteiger partial charge in [0.2, 0.25) is 0 Å². The second kappa shape index (κ2) is 8.48. The van der Waals surface area contributed by atoms with Crippen molar-refractivity contribution >= 4 is 48.5 Å². The molecule has 3 amide bonds. The van der Waals surface area contributed by atoms with Crippen LogP contribution in [0.15, 0.2) is 71.6 Å². The lowest BCUT2D eigenvalue weighted by atomic mass is 9.99. The van der Waals surface area contributed by atoms with Crippen molar-refractivity contribution in [3.05, 3.63) is 78.1 Å². The topological polar surface area (TPSA) is 105 Å². The Balaban J connectivity index is 1.53. The molecule has 32 heavy (non-hydrogen) atoms. The van der Waals surface area contributed by atoms with Crippen LogP contribution in [0.5, 0.6) is 0 Å². The van der Waals surface area contributed by atoms with E-state index in [0.717, 1.165) is 17.6 Å². The molecule has 0 spiro atoms. The van der Waals surface area contributed by atoms with Gasteiger partial charge in [0.25, 0.3) is 5.91 Å². The summed E-state index contributed by atoms with van der Waals surface area (Å²) in [7, 11) is -3.38. The van der Waals surface area contributed by atoms with E-state index < -0.39 is 27.6 Å². The number of carbonyl (C=O) groups is 2. The van der Waals surface area contributed by atoms with Crippen molar-refractivity contribution in [2.75, 3.05) is 11.6 Å². The molecule has 0 aliphatic rings. The highest BCUT2D eigenvalue weighted by Crippen LogP contribution is 2.29. The maximum absolute atomic E-state index is 14.2. The Hall–Kier alpha value is -3.63. The highest BCUT2D eigenvalue weighted by Gasteiger charge is 2.18. The number of imide groups is 1. The fourth-order valence-electron chi connectivity index (χ4n) is 3.08. The summed E-state index contributed by atoms with van der Waals surface area (Å²) in [5.41, 5.74) is 1.24. The molecule has 0 fully saturated rings. The van der Waals surface area contributed by atoms with Crippen molar-refractivity contribution in [2.45, 2.75) is 4.90 Å². The fourth-order valence-corrected chi connectivity index (χ4v) is 4.71. The maximum Gasteiger partial charge on any atom is 0.327 e. The Kier molecular flexibility index (Phi) is 5.72. The molecule has 0 radical (unpaired) electrons. The molecule has 0 aliphatic heterocycles. The van der Waals surface area contributed by atoms with Crippen LogP contribution in [0.4, 0.5) is 14.3 Å². The molecule has 0 unspecified atom stereocenters. The van der Waals surface area contributed by atoms with Gasteiger partial charge in [0.15, 0.2) is 15.0 Å². The molecule has 4 rings (SSSR count). The molecule has 0 aliphatic carbocycles. The van der Waals surface area contributed by atoms with Gasteiger partial charge in [-0.05, 0) is 35.9 Å². The average Bonchev–Trinajstić information content (AvgIpc) is 3.14. The van der Waals surface area contributed by atoms with Crippen molar-refractivity contribution in [3.8, 4) is 11.1 Å². The summed E-state index contributed by atoms with van der Waals surface area (Å²) in [4.78, 5) is 29.4. The summed E-state index contributed by atoms with van der Waals surface area (Å²) in [5, 5.41) is 4.88. The van der Waals surface area contributed by atoms with E-state index in [9.17, 15) is 22.4 Å². The number of urea groups is 1. The normalized spacial score (nSPS) is 11.3. The monoisotopic (exact) mass is 469 g/mol. The van der Waals surface area contributed by atoms with Crippen molar-refractivity contribution in [3.63, 3.8) is 0 Å². The Morgan fingerprint density at radius 3 is 2.38 bits per heavy atom. The zero-order chi connectivity index (χ0) is 22.9. The molecule has 1 aromatic heterocycles. The van der Waals surface area contributed by atoms with Crippen molar-refractivity contribution < 1.29 is 22.4 Å². The highest BCUT2D eigenvalue weighted by molar-refractivity contribution is 7.90. The molecule has 10 heteroatoms. The van der Waals surface area contributed by atoms with Gasteiger partial charge in [0, 0.05) is 17.4 Å². The van der Waals surface area contributed by atoms with Crippen LogP contribution in [0.25, 0.3) is 21.3 Å². The summed E-state index contributed by atoms with van der Waals surface area (Å²) in [6.07, 6.45) is 1.10. The van der Waals surface area contributed by atoms with Gasteiger partial charge >= 0.3 is 6.03 Å². The van der Waals surface area contributed by atoms with E-state index in [1.807, 2.05) is 0 Å². The Labute approximate surface area is 186 Å². The number of amides is 3. The predicted octanol–water partition coefficient (Wildman–Crippen LogP) is 4.47. The van der Waals surface area contributed by atoms with Crippen LogP contribution >= 0.6 is 11.3 Å². The van der Waals surface area contributed by atoms with E-state index >= 15 is 0 Å². The minimum absolute atomic E-state index is 0.134. The van der Waals surface area contributed by atoms with Crippen LogP contribution < -0.4 is 10.6 Å². The number of anilines is 1. The van der Waals surface area contributed by atoms with Gasteiger partial charge in [-0.1, -0.05) is 47.7 Å². The minimum Gasteiger partial charge on any atom is -0.283 e. The van der Waals surface area contributed by atoms with Gasteiger partial charge in [-0.2, -0.15) is 0 Å². The number of rotatable bonds is 4. The van der Waals surface area contributed by atoms with Crippen molar-refractivity contribution in [1.82, 2.24) is 10.3 Å². The Bertz CT molecular complexity index is 1470. The number of nitrogens with one attached hydrogen (secondary N) is 2. The highest BCUT2D eigenvalue weighted by atomic mass is 32.2. The number of nitrogens with zero attached hydrogens (tertiary/aromatic N) is 1. The summed E-state index contributed by atoms with van der Waals surface area (Å²) in [6, 6.07) is 16.1. The van der Waals surface area contributed by atoms with Crippen molar-refractivity contribution in [2.24, 2.45) is 0 Å². The van der Waals surface area contributed by atoms with E-state index in [1.165, 1.54) is 24.3 Å². The first-order valence-electron chi connectivity index (χ1n) is 9.29. The van der Waals surface area contributed by atoms with E-state index in [0.29, 0.717) is 15.8 Å². The lowest BCUT2D eigenvalue weighted by Crippen LogP contribution is -2.34. The molecule has 4 aromatic rings. The largest absolute Gasteiger partial charge is 0.327 e. The zero-order valence-electron chi connectivity index (χ0n) is 16.6. The third-order valence-corrected chi connectivity index (χ3v) is 6.62. The maximum atomic E-state index is 14.2. The summed E-state index contributed by atoms with van der Waals surface area (Å²) < 4.78 is 38.2. The third kappa shape index (κ3) is 4.51.